The molecule has 6 nitrogen and oxygen atoms in total. The molecule has 0 spiro atoms. The van der Waals surface area contributed by atoms with Crippen molar-refractivity contribution in [1.82, 2.24) is 9.62 Å². The lowest BCUT2D eigenvalue weighted by Crippen LogP contribution is -2.55. The highest BCUT2D eigenvalue weighted by atomic mass is 32.2. The van der Waals surface area contributed by atoms with E-state index in [9.17, 15) is 8.42 Å². The summed E-state index contributed by atoms with van der Waals surface area (Å²) in [6.45, 7) is 7.28. The average Bonchev–Trinajstić information content (AvgIpc) is 2.13. The highest BCUT2D eigenvalue weighted by Gasteiger charge is 2.32. The number of rotatable bonds is 6. The highest BCUT2D eigenvalue weighted by Crippen LogP contribution is 2.20. The molecule has 0 aromatic heterocycles. The fourth-order valence-corrected chi connectivity index (χ4v) is 2.71. The van der Waals surface area contributed by atoms with Crippen LogP contribution in [0.2, 0.25) is 0 Å². The Morgan fingerprint density at radius 1 is 1.50 bits per heavy atom. The molecule has 1 aliphatic rings. The SMILES string of the molecule is COCC1CN(CCNS(C)(=O)=O)CC(C)(C)O1. The van der Waals surface area contributed by atoms with E-state index >= 15 is 0 Å². The number of morpholine rings is 1. The Morgan fingerprint density at radius 2 is 2.17 bits per heavy atom. The summed E-state index contributed by atoms with van der Waals surface area (Å²) in [4.78, 5) is 2.20. The number of nitrogens with one attached hydrogen (secondary N) is 1. The van der Waals surface area contributed by atoms with E-state index in [0.717, 1.165) is 13.1 Å². The summed E-state index contributed by atoms with van der Waals surface area (Å²) in [5.74, 6) is 0. The van der Waals surface area contributed by atoms with Gasteiger partial charge in [-0.2, -0.15) is 0 Å². The fourth-order valence-electron chi connectivity index (χ4n) is 2.25. The third-order valence-electron chi connectivity index (χ3n) is 2.70. The van der Waals surface area contributed by atoms with E-state index < -0.39 is 10.0 Å². The van der Waals surface area contributed by atoms with Gasteiger partial charge in [0.15, 0.2) is 0 Å². The van der Waals surface area contributed by atoms with Crippen LogP contribution >= 0.6 is 0 Å². The summed E-state index contributed by atoms with van der Waals surface area (Å²) >= 11 is 0. The van der Waals surface area contributed by atoms with Gasteiger partial charge in [-0.1, -0.05) is 0 Å². The van der Waals surface area contributed by atoms with Gasteiger partial charge in [0.2, 0.25) is 10.0 Å². The van der Waals surface area contributed by atoms with E-state index in [0.29, 0.717) is 19.7 Å². The van der Waals surface area contributed by atoms with Crippen molar-refractivity contribution < 1.29 is 17.9 Å². The molecule has 0 aromatic rings. The normalized spacial score (nSPS) is 25.2. The Kier molecular flexibility index (Phi) is 5.54. The van der Waals surface area contributed by atoms with E-state index in [-0.39, 0.29) is 11.7 Å². The molecule has 7 heteroatoms. The molecule has 1 fully saturated rings. The second-order valence-corrected chi connectivity index (χ2v) is 7.19. The topological polar surface area (TPSA) is 67.9 Å². The van der Waals surface area contributed by atoms with Crippen LogP contribution in [0.1, 0.15) is 13.8 Å². The Hall–Kier alpha value is -0.210. The van der Waals surface area contributed by atoms with E-state index in [1.54, 1.807) is 7.11 Å². The van der Waals surface area contributed by atoms with Crippen molar-refractivity contribution in [3.8, 4) is 0 Å². The first-order valence-corrected chi connectivity index (χ1v) is 7.95. The zero-order chi connectivity index (χ0) is 13.8. The summed E-state index contributed by atoms with van der Waals surface area (Å²) in [7, 11) is -1.46. The minimum absolute atomic E-state index is 0.0389. The van der Waals surface area contributed by atoms with Gasteiger partial charge in [0.25, 0.3) is 0 Å². The van der Waals surface area contributed by atoms with E-state index in [2.05, 4.69) is 9.62 Å². The first-order chi connectivity index (χ1) is 8.22. The van der Waals surface area contributed by atoms with Crippen LogP contribution in [0, 0.1) is 0 Å². The van der Waals surface area contributed by atoms with Crippen LogP contribution in [-0.2, 0) is 19.5 Å². The van der Waals surface area contributed by atoms with Crippen LogP contribution in [-0.4, -0.2) is 71.2 Å². The molecule has 1 rings (SSSR count). The summed E-state index contributed by atoms with van der Waals surface area (Å²) in [5.41, 5.74) is -0.230. The molecule has 1 saturated heterocycles. The van der Waals surface area contributed by atoms with Crippen molar-refractivity contribution in [2.75, 3.05) is 46.2 Å². The van der Waals surface area contributed by atoms with Crippen molar-refractivity contribution in [2.24, 2.45) is 0 Å². The monoisotopic (exact) mass is 280 g/mol. The number of hydrogen-bond donors (Lipinski definition) is 1. The maximum absolute atomic E-state index is 11.0. The lowest BCUT2D eigenvalue weighted by atomic mass is 10.1. The molecule has 0 aliphatic carbocycles. The Bertz CT molecular complexity index is 356. The van der Waals surface area contributed by atoms with Gasteiger partial charge in [-0.05, 0) is 13.8 Å². The maximum atomic E-state index is 11.0. The second kappa shape index (κ2) is 6.29. The number of sulfonamides is 1. The van der Waals surface area contributed by atoms with Crippen molar-refractivity contribution in [3.05, 3.63) is 0 Å². The molecule has 1 unspecified atom stereocenters. The number of methoxy groups -OCH3 is 1. The summed E-state index contributed by atoms with van der Waals surface area (Å²) in [5, 5.41) is 0. The van der Waals surface area contributed by atoms with E-state index in [1.807, 2.05) is 13.8 Å². The smallest absolute Gasteiger partial charge is 0.208 e. The molecule has 18 heavy (non-hydrogen) atoms. The molecule has 0 bridgehead atoms. The zero-order valence-electron chi connectivity index (χ0n) is 11.6. The molecule has 1 N–H and O–H groups in total. The summed E-state index contributed by atoms with van der Waals surface area (Å²) in [6, 6.07) is 0. The molecule has 0 amide bonds. The van der Waals surface area contributed by atoms with Gasteiger partial charge in [-0.3, -0.25) is 4.90 Å². The van der Waals surface area contributed by atoms with Crippen molar-refractivity contribution in [2.45, 2.75) is 25.6 Å². The van der Waals surface area contributed by atoms with Gasteiger partial charge < -0.3 is 9.47 Å². The van der Waals surface area contributed by atoms with Gasteiger partial charge >= 0.3 is 0 Å². The van der Waals surface area contributed by atoms with Crippen LogP contribution in [0.5, 0.6) is 0 Å². The van der Waals surface area contributed by atoms with E-state index in [1.165, 1.54) is 6.26 Å². The Balaban J connectivity index is 2.44. The quantitative estimate of drug-likeness (QED) is 0.721. The molecule has 108 valence electrons. The highest BCUT2D eigenvalue weighted by molar-refractivity contribution is 7.88. The molecule has 1 aliphatic heterocycles. The van der Waals surface area contributed by atoms with Crippen LogP contribution < -0.4 is 4.72 Å². The molecule has 0 saturated carbocycles. The Morgan fingerprint density at radius 3 is 2.72 bits per heavy atom. The summed E-state index contributed by atoms with van der Waals surface area (Å²) < 4.78 is 35.5. The molecule has 1 atom stereocenters. The predicted molar refractivity (Wildman–Crippen MR) is 70.1 cm³/mol. The van der Waals surface area contributed by atoms with Gasteiger partial charge in [0.1, 0.15) is 0 Å². The fraction of sp³-hybridized carbons (Fsp3) is 1.00. The van der Waals surface area contributed by atoms with Crippen LogP contribution in [0.3, 0.4) is 0 Å². The number of nitrogens with zero attached hydrogens (tertiary/aromatic N) is 1. The lowest BCUT2D eigenvalue weighted by Gasteiger charge is -2.42. The van der Waals surface area contributed by atoms with Crippen LogP contribution in [0.25, 0.3) is 0 Å². The van der Waals surface area contributed by atoms with Crippen molar-refractivity contribution in [1.29, 1.82) is 0 Å². The average molecular weight is 280 g/mol. The van der Waals surface area contributed by atoms with Crippen LogP contribution in [0.4, 0.5) is 0 Å². The van der Waals surface area contributed by atoms with Gasteiger partial charge in [0, 0.05) is 33.3 Å². The predicted octanol–water partition coefficient (Wildman–Crippen LogP) is -0.339. The van der Waals surface area contributed by atoms with Gasteiger partial charge in [0.05, 0.1) is 24.6 Å². The van der Waals surface area contributed by atoms with Crippen molar-refractivity contribution >= 4 is 10.0 Å². The Labute approximate surface area is 110 Å². The minimum atomic E-state index is -3.11. The molecule has 1 heterocycles. The first kappa shape index (κ1) is 15.8. The molecular weight excluding hydrogens is 256 g/mol. The summed E-state index contributed by atoms with van der Waals surface area (Å²) in [6.07, 6.45) is 1.21. The van der Waals surface area contributed by atoms with Crippen molar-refractivity contribution in [3.63, 3.8) is 0 Å². The van der Waals surface area contributed by atoms with Crippen LogP contribution in [0.15, 0.2) is 0 Å². The third kappa shape index (κ3) is 6.10. The maximum Gasteiger partial charge on any atom is 0.208 e. The third-order valence-corrected chi connectivity index (χ3v) is 3.43. The molecular formula is C11H24N2O4S. The molecule has 0 aromatic carbocycles. The lowest BCUT2D eigenvalue weighted by molar-refractivity contribution is -0.151. The first-order valence-electron chi connectivity index (χ1n) is 6.05. The van der Waals surface area contributed by atoms with Gasteiger partial charge in [-0.15, -0.1) is 0 Å². The van der Waals surface area contributed by atoms with E-state index in [4.69, 9.17) is 9.47 Å². The standard InChI is InChI=1S/C11H24N2O4S/c1-11(2)9-13(6-5-12-18(4,14)15)7-10(17-11)8-16-3/h10,12H,5-9H2,1-4H3. The second-order valence-electron chi connectivity index (χ2n) is 5.36. The molecule has 0 radical (unpaired) electrons. The number of ether oxygens (including phenoxy) is 2. The largest absolute Gasteiger partial charge is 0.382 e. The zero-order valence-corrected chi connectivity index (χ0v) is 12.4. The van der Waals surface area contributed by atoms with Gasteiger partial charge in [-0.25, -0.2) is 13.1 Å². The number of hydrogen-bond acceptors (Lipinski definition) is 5. The minimum Gasteiger partial charge on any atom is -0.382 e.